The van der Waals surface area contributed by atoms with Gasteiger partial charge in [0.15, 0.2) is 17.3 Å². The van der Waals surface area contributed by atoms with E-state index < -0.39 is 99.6 Å². The minimum atomic E-state index is -2.06. The maximum atomic E-state index is 14.9. The van der Waals surface area contributed by atoms with Crippen molar-refractivity contribution in [1.82, 2.24) is 31.1 Å². The largest absolute Gasteiger partial charge is 0.508 e. The zero-order valence-corrected chi connectivity index (χ0v) is 51.7. The SMILES string of the molecule is CC(=O)N[C@@H](CCCCNC(=O)CCS)C(=O)N1CCC[C@H]1C(=O)N[C@@H](CCCCN)C(=O)C[C@@H](CCCCN)C(=O)N1CCC[C@H]1C(=O)C[C@@H](Cc1ccc(O)cc1)C(=O)N[C@@H](C[Si](C)(C)C)C(=O)C[C@@H](C[Si](C)(C)C)C(=O)O. The molecular weight excluding hydrogens is 1080 g/mol. The molecule has 20 nitrogen and oxygen atoms in total. The van der Waals surface area contributed by atoms with Crippen LogP contribution in [-0.4, -0.2) is 164 Å². The molecular formula is C57H96N8O12SSi2. The molecule has 23 heteroatoms. The third-order valence-corrected chi connectivity index (χ3v) is 18.4. The van der Waals surface area contributed by atoms with E-state index in [0.29, 0.717) is 107 Å². The molecule has 1 aromatic carbocycles. The summed E-state index contributed by atoms with van der Waals surface area (Å²) in [6.07, 6.45) is 5.20. The number of ketones is 3. The number of hydrogen-bond acceptors (Lipinski definition) is 14. The van der Waals surface area contributed by atoms with Crippen LogP contribution in [0.3, 0.4) is 0 Å². The summed E-state index contributed by atoms with van der Waals surface area (Å²) in [4.78, 5) is 141. The Morgan fingerprint density at radius 2 is 1.20 bits per heavy atom. The first-order chi connectivity index (χ1) is 37.7. The zero-order valence-electron chi connectivity index (χ0n) is 48.8. The number of unbranched alkanes of at least 4 members (excludes halogenated alkanes) is 3. The lowest BCUT2D eigenvalue weighted by molar-refractivity contribution is -0.144. The number of carboxylic acid groups (broad SMARTS) is 1. The Bertz CT molecular complexity index is 2250. The number of amides is 6. The molecule has 80 heavy (non-hydrogen) atoms. The summed E-state index contributed by atoms with van der Waals surface area (Å²) in [5.74, 6) is -6.99. The van der Waals surface area contributed by atoms with Gasteiger partial charge in [-0.3, -0.25) is 47.9 Å². The number of phenols is 1. The van der Waals surface area contributed by atoms with Crippen LogP contribution >= 0.6 is 12.6 Å². The van der Waals surface area contributed by atoms with Gasteiger partial charge in [0.25, 0.3) is 0 Å². The average molecular weight is 1170 g/mol. The summed E-state index contributed by atoms with van der Waals surface area (Å²) in [5, 5.41) is 31.6. The van der Waals surface area contributed by atoms with E-state index in [1.807, 2.05) is 19.6 Å². The highest BCUT2D eigenvalue weighted by Crippen LogP contribution is 2.30. The van der Waals surface area contributed by atoms with E-state index in [0.717, 1.165) is 0 Å². The maximum absolute atomic E-state index is 14.9. The monoisotopic (exact) mass is 1170 g/mol. The van der Waals surface area contributed by atoms with Gasteiger partial charge in [-0.1, -0.05) is 57.8 Å². The number of benzene rings is 1. The molecule has 3 rings (SSSR count). The van der Waals surface area contributed by atoms with Gasteiger partial charge < -0.3 is 52.7 Å². The highest BCUT2D eigenvalue weighted by molar-refractivity contribution is 7.80. The molecule has 450 valence electrons. The first-order valence-corrected chi connectivity index (χ1v) is 37.1. The highest BCUT2D eigenvalue weighted by Gasteiger charge is 2.42. The number of phenolic OH excluding ortho intramolecular Hbond substituents is 1. The van der Waals surface area contributed by atoms with Gasteiger partial charge in [-0.15, -0.1) is 0 Å². The molecule has 1 aromatic rings. The molecule has 2 aliphatic rings. The quantitative estimate of drug-likeness (QED) is 0.0246. The molecule has 0 bridgehead atoms. The fourth-order valence-corrected chi connectivity index (χ4v) is 14.4. The van der Waals surface area contributed by atoms with Gasteiger partial charge >= 0.3 is 5.97 Å². The highest BCUT2D eigenvalue weighted by atomic mass is 32.1. The summed E-state index contributed by atoms with van der Waals surface area (Å²) < 4.78 is 0. The van der Waals surface area contributed by atoms with Crippen LogP contribution < -0.4 is 32.7 Å². The number of thiol groups is 1. The predicted molar refractivity (Wildman–Crippen MR) is 317 cm³/mol. The minimum Gasteiger partial charge on any atom is -0.508 e. The lowest BCUT2D eigenvalue weighted by Crippen LogP contribution is -2.55. The number of carbonyl (C=O) groups is 10. The van der Waals surface area contributed by atoms with E-state index in [9.17, 15) is 58.2 Å². The second-order valence-electron chi connectivity index (χ2n) is 24.5. The van der Waals surface area contributed by atoms with Crippen molar-refractivity contribution in [2.24, 2.45) is 29.2 Å². The van der Waals surface area contributed by atoms with Crippen molar-refractivity contribution in [3.63, 3.8) is 0 Å². The van der Waals surface area contributed by atoms with Crippen molar-refractivity contribution in [2.75, 3.05) is 38.5 Å². The van der Waals surface area contributed by atoms with E-state index in [-0.39, 0.29) is 93.5 Å². The van der Waals surface area contributed by atoms with Crippen LogP contribution in [0.25, 0.3) is 0 Å². The summed E-state index contributed by atoms with van der Waals surface area (Å²) in [7, 11) is -3.97. The Labute approximate surface area is 482 Å². The van der Waals surface area contributed by atoms with Gasteiger partial charge in [-0.05, 0) is 132 Å². The smallest absolute Gasteiger partial charge is 0.306 e. The molecule has 10 N–H and O–H groups in total. The van der Waals surface area contributed by atoms with Crippen molar-refractivity contribution < 1.29 is 58.2 Å². The average Bonchev–Trinajstić information content (AvgIpc) is 4.08. The number of hydrogen-bond donors (Lipinski definition) is 9. The topological polar surface area (TPSA) is 318 Å². The summed E-state index contributed by atoms with van der Waals surface area (Å²) in [6, 6.07) is 2.24. The standard InChI is InChI=1S/C57H96N8O12SSi2/c1-38(66)61-45(18-10-13-28-60-52(71)25-31-78)56(75)65-30-15-20-48(65)54(73)62-44(17-9-12-27-59)49(68)33-40(16-8-11-26-58)55(74)64-29-14-19-47(64)51(70)34-41(32-39-21-23-43(67)24-22-39)53(72)63-46(37-80(5,6)7)50(69)35-42(57(76)77)36-79(2,3)4/h21-24,40-42,44-48,67,78H,8-20,25-37,58-59H2,1-7H3,(H,60,71)(H,61,66)(H,62,73)(H,63,72)(H,76,77)/t40-,41-,42+,44+,45+,46+,47+,48+/m1/s1. The Morgan fingerprint density at radius 1 is 0.650 bits per heavy atom. The van der Waals surface area contributed by atoms with E-state index in [1.165, 1.54) is 28.9 Å². The summed E-state index contributed by atoms with van der Waals surface area (Å²) in [5.41, 5.74) is 12.4. The number of Topliss-reactive ketones (excluding diaryl/α,β-unsaturated/α-hetero) is 3. The van der Waals surface area contributed by atoms with Crippen molar-refractivity contribution in [3.8, 4) is 5.75 Å². The molecule has 0 unspecified atom stereocenters. The summed E-state index contributed by atoms with van der Waals surface area (Å²) in [6.45, 7) is 15.2. The second-order valence-corrected chi connectivity index (χ2v) is 36.0. The number of rotatable bonds is 38. The van der Waals surface area contributed by atoms with Crippen LogP contribution in [0.15, 0.2) is 24.3 Å². The van der Waals surface area contributed by atoms with Crippen LogP contribution in [0, 0.1) is 17.8 Å². The second kappa shape index (κ2) is 34.5. The zero-order chi connectivity index (χ0) is 59.7. The van der Waals surface area contributed by atoms with Gasteiger partial charge in [0.1, 0.15) is 17.8 Å². The van der Waals surface area contributed by atoms with E-state index >= 15 is 0 Å². The number of likely N-dealkylation sites (tertiary alicyclic amines) is 2. The van der Waals surface area contributed by atoms with Gasteiger partial charge in [-0.2, -0.15) is 12.6 Å². The van der Waals surface area contributed by atoms with Crippen LogP contribution in [0.4, 0.5) is 0 Å². The molecule has 8 atom stereocenters. The number of aliphatic carboxylic acids is 1. The van der Waals surface area contributed by atoms with Crippen LogP contribution in [0.1, 0.15) is 122 Å². The van der Waals surface area contributed by atoms with Gasteiger partial charge in [0.2, 0.25) is 35.4 Å². The minimum absolute atomic E-state index is 0.00981. The molecule has 0 saturated carbocycles. The fraction of sp³-hybridized carbons (Fsp3) is 0.719. The van der Waals surface area contributed by atoms with Crippen LogP contribution in [-0.2, 0) is 54.4 Å². The maximum Gasteiger partial charge on any atom is 0.306 e. The third-order valence-electron chi connectivity index (χ3n) is 14.9. The summed E-state index contributed by atoms with van der Waals surface area (Å²) >= 11 is 4.08. The number of aromatic hydroxyl groups is 1. The molecule has 0 aliphatic carbocycles. The molecule has 0 aromatic heterocycles. The first-order valence-electron chi connectivity index (χ1n) is 29.0. The Kier molecular flexibility index (Phi) is 29.8. The number of carbonyl (C=O) groups excluding carboxylic acids is 9. The molecule has 2 aliphatic heterocycles. The molecule has 0 radical (unpaired) electrons. The Hall–Kier alpha value is -4.98. The lowest BCUT2D eigenvalue weighted by Gasteiger charge is -2.31. The molecule has 2 fully saturated rings. The molecule has 0 spiro atoms. The van der Waals surface area contributed by atoms with E-state index in [1.54, 1.807) is 12.1 Å². The normalized spacial score (nSPS) is 17.8. The first kappa shape index (κ1) is 69.3. The van der Waals surface area contributed by atoms with Crippen LogP contribution in [0.5, 0.6) is 5.75 Å². The molecule has 6 amide bonds. The van der Waals surface area contributed by atoms with Crippen molar-refractivity contribution in [1.29, 1.82) is 0 Å². The Balaban J connectivity index is 1.88. The molecule has 2 saturated heterocycles. The number of nitrogens with one attached hydrogen (secondary N) is 4. The predicted octanol–water partition coefficient (Wildman–Crippen LogP) is 4.74. The molecule has 2 heterocycles. The van der Waals surface area contributed by atoms with E-state index in [2.05, 4.69) is 53.5 Å². The third kappa shape index (κ3) is 24.6. The Morgan fingerprint density at radius 3 is 1.77 bits per heavy atom. The fourth-order valence-electron chi connectivity index (χ4n) is 10.9. The van der Waals surface area contributed by atoms with Gasteiger partial charge in [0.05, 0.1) is 24.0 Å². The van der Waals surface area contributed by atoms with E-state index in [4.69, 9.17) is 11.5 Å². The van der Waals surface area contributed by atoms with Crippen molar-refractivity contribution in [2.45, 2.75) is 204 Å². The number of carboxylic acids is 1. The van der Waals surface area contributed by atoms with Gasteiger partial charge in [-0.25, -0.2) is 0 Å². The number of nitrogens with two attached hydrogens (primary N) is 2. The van der Waals surface area contributed by atoms with Gasteiger partial charge in [0, 0.05) is 80.2 Å². The number of nitrogens with zero attached hydrogens (tertiary/aromatic N) is 2. The van der Waals surface area contributed by atoms with Crippen LogP contribution in [0.2, 0.25) is 51.4 Å². The van der Waals surface area contributed by atoms with Crippen molar-refractivity contribution >= 4 is 87.5 Å². The van der Waals surface area contributed by atoms with Crippen molar-refractivity contribution in [3.05, 3.63) is 29.8 Å². The lowest BCUT2D eigenvalue weighted by atomic mass is 9.88.